The van der Waals surface area contributed by atoms with Gasteiger partial charge < -0.3 is 5.32 Å². The predicted molar refractivity (Wildman–Crippen MR) is 111 cm³/mol. The van der Waals surface area contributed by atoms with E-state index in [2.05, 4.69) is 5.32 Å². The lowest BCUT2D eigenvalue weighted by Crippen LogP contribution is -2.32. The second-order valence-corrected chi connectivity index (χ2v) is 10.3. The Kier molecular flexibility index (Phi) is 8.57. The van der Waals surface area contributed by atoms with Crippen LogP contribution in [0.4, 0.5) is 5.69 Å². The maximum Gasteiger partial charge on any atom is 0.232 e. The molecule has 0 bridgehead atoms. The minimum atomic E-state index is -3.40. The smallest absolute Gasteiger partial charge is 0.232 e. The molecule has 0 aliphatic heterocycles. The van der Waals surface area contributed by atoms with Gasteiger partial charge in [0.1, 0.15) is 0 Å². The van der Waals surface area contributed by atoms with E-state index in [1.807, 2.05) is 11.8 Å². The van der Waals surface area contributed by atoms with E-state index >= 15 is 0 Å². The molecule has 1 aliphatic rings. The number of carbonyl (C=O) groups is 1. The van der Waals surface area contributed by atoms with Gasteiger partial charge in [-0.05, 0) is 43.5 Å². The maximum atomic E-state index is 12.0. The second kappa shape index (κ2) is 10.4. The Labute approximate surface area is 165 Å². The van der Waals surface area contributed by atoms with E-state index in [1.165, 1.54) is 36.2 Å². The van der Waals surface area contributed by atoms with E-state index in [0.29, 0.717) is 30.1 Å². The quantitative estimate of drug-likeness (QED) is 0.588. The summed E-state index contributed by atoms with van der Waals surface area (Å²) >= 11 is 7.80. The van der Waals surface area contributed by atoms with Crippen molar-refractivity contribution < 1.29 is 13.2 Å². The molecule has 5 nitrogen and oxygen atoms in total. The molecule has 0 saturated heterocycles. The van der Waals surface area contributed by atoms with Crippen LogP contribution >= 0.6 is 23.4 Å². The molecular formula is C18H27ClN2O3S2. The maximum absolute atomic E-state index is 12.0. The molecule has 1 aromatic carbocycles. The summed E-state index contributed by atoms with van der Waals surface area (Å²) in [7, 11) is -3.40. The van der Waals surface area contributed by atoms with E-state index in [9.17, 15) is 13.2 Å². The molecule has 26 heavy (non-hydrogen) atoms. The van der Waals surface area contributed by atoms with Crippen LogP contribution in [0.2, 0.25) is 5.02 Å². The SMILES string of the molecule is CS(=O)(=O)N(CCCC(=O)NCCSC1CCCC1)c1ccc(Cl)cc1. The number of benzene rings is 1. The molecule has 0 heterocycles. The highest BCUT2D eigenvalue weighted by Gasteiger charge is 2.18. The van der Waals surface area contributed by atoms with Gasteiger partial charge in [-0.2, -0.15) is 11.8 Å². The van der Waals surface area contributed by atoms with Crippen molar-refractivity contribution in [3.63, 3.8) is 0 Å². The molecule has 0 unspecified atom stereocenters. The number of hydrogen-bond acceptors (Lipinski definition) is 4. The molecule has 0 radical (unpaired) electrons. The average Bonchev–Trinajstić information content (AvgIpc) is 3.09. The van der Waals surface area contributed by atoms with Crippen LogP contribution in [-0.2, 0) is 14.8 Å². The fourth-order valence-corrected chi connectivity index (χ4v) is 5.35. The van der Waals surface area contributed by atoms with Crippen molar-refractivity contribution in [2.24, 2.45) is 0 Å². The number of nitrogens with zero attached hydrogens (tertiary/aromatic N) is 1. The number of hydrogen-bond donors (Lipinski definition) is 1. The summed E-state index contributed by atoms with van der Waals surface area (Å²) in [5.41, 5.74) is 0.560. The van der Waals surface area contributed by atoms with Crippen LogP contribution in [0.5, 0.6) is 0 Å². The summed E-state index contributed by atoms with van der Waals surface area (Å²) in [6.07, 6.45) is 7.20. The van der Waals surface area contributed by atoms with Crippen LogP contribution in [0.1, 0.15) is 38.5 Å². The van der Waals surface area contributed by atoms with Crippen molar-refractivity contribution in [1.82, 2.24) is 5.32 Å². The third-order valence-electron chi connectivity index (χ3n) is 4.36. The zero-order chi connectivity index (χ0) is 19.0. The molecule has 2 rings (SSSR count). The zero-order valence-corrected chi connectivity index (χ0v) is 17.5. The summed E-state index contributed by atoms with van der Waals surface area (Å²) < 4.78 is 25.3. The summed E-state index contributed by atoms with van der Waals surface area (Å²) in [6, 6.07) is 6.65. The van der Waals surface area contributed by atoms with Gasteiger partial charge in [-0.25, -0.2) is 8.42 Å². The van der Waals surface area contributed by atoms with E-state index in [4.69, 9.17) is 11.6 Å². The van der Waals surface area contributed by atoms with Crippen molar-refractivity contribution in [2.45, 2.75) is 43.8 Å². The molecular weight excluding hydrogens is 392 g/mol. The normalized spacial score (nSPS) is 15.2. The van der Waals surface area contributed by atoms with E-state index in [0.717, 1.165) is 11.0 Å². The first-order valence-electron chi connectivity index (χ1n) is 8.98. The molecule has 146 valence electrons. The van der Waals surface area contributed by atoms with Crippen molar-refractivity contribution >= 4 is 45.0 Å². The number of anilines is 1. The van der Waals surface area contributed by atoms with Gasteiger partial charge in [-0.1, -0.05) is 24.4 Å². The average molecular weight is 419 g/mol. The summed E-state index contributed by atoms with van der Waals surface area (Å²) in [4.78, 5) is 11.9. The Morgan fingerprint density at radius 3 is 2.54 bits per heavy atom. The van der Waals surface area contributed by atoms with E-state index < -0.39 is 10.0 Å². The molecule has 0 spiro atoms. The van der Waals surface area contributed by atoms with Gasteiger partial charge in [0.2, 0.25) is 15.9 Å². The molecule has 1 N–H and O–H groups in total. The molecule has 1 fully saturated rings. The Hall–Kier alpha value is -0.920. The Balaban J connectivity index is 1.71. The first kappa shape index (κ1) is 21.4. The van der Waals surface area contributed by atoms with Crippen molar-refractivity contribution in [2.75, 3.05) is 29.4 Å². The highest BCUT2D eigenvalue weighted by Crippen LogP contribution is 2.28. The van der Waals surface area contributed by atoms with Gasteiger partial charge in [-0.15, -0.1) is 0 Å². The Bertz CT molecular complexity index is 674. The number of rotatable bonds is 10. The van der Waals surface area contributed by atoms with Crippen LogP contribution in [0.25, 0.3) is 0 Å². The molecule has 0 aromatic heterocycles. The minimum absolute atomic E-state index is 0.0263. The molecule has 1 amide bonds. The standard InChI is InChI=1S/C18H27ClN2O3S2/c1-26(23,24)21(16-10-8-15(19)9-11-16)13-4-7-18(22)20-12-14-25-17-5-2-3-6-17/h8-11,17H,2-7,12-14H2,1H3,(H,20,22). The lowest BCUT2D eigenvalue weighted by atomic mass is 10.2. The highest BCUT2D eigenvalue weighted by molar-refractivity contribution is 7.99. The van der Waals surface area contributed by atoms with Gasteiger partial charge in [-0.3, -0.25) is 9.10 Å². The third-order valence-corrected chi connectivity index (χ3v) is 7.19. The van der Waals surface area contributed by atoms with Crippen molar-refractivity contribution in [1.29, 1.82) is 0 Å². The molecule has 1 aliphatic carbocycles. The molecule has 1 aromatic rings. The van der Waals surface area contributed by atoms with Gasteiger partial charge >= 0.3 is 0 Å². The van der Waals surface area contributed by atoms with Crippen molar-refractivity contribution in [3.05, 3.63) is 29.3 Å². The molecule has 8 heteroatoms. The third kappa shape index (κ3) is 7.37. The topological polar surface area (TPSA) is 66.5 Å². The van der Waals surface area contributed by atoms with Gasteiger partial charge in [0.25, 0.3) is 0 Å². The Morgan fingerprint density at radius 1 is 1.27 bits per heavy atom. The number of carbonyl (C=O) groups excluding carboxylic acids is 1. The number of thioether (sulfide) groups is 1. The fourth-order valence-electron chi connectivity index (χ4n) is 3.04. The van der Waals surface area contributed by atoms with Gasteiger partial charge in [0.15, 0.2) is 0 Å². The summed E-state index contributed by atoms with van der Waals surface area (Å²) in [5.74, 6) is 0.915. The first-order valence-corrected chi connectivity index (χ1v) is 12.3. The molecule has 1 saturated carbocycles. The van der Waals surface area contributed by atoms with Crippen LogP contribution in [0.3, 0.4) is 0 Å². The van der Waals surface area contributed by atoms with Crippen LogP contribution in [0, 0.1) is 0 Å². The van der Waals surface area contributed by atoms with Crippen LogP contribution in [-0.4, -0.2) is 44.7 Å². The number of amides is 1. The second-order valence-electron chi connectivity index (χ2n) is 6.54. The predicted octanol–water partition coefficient (Wildman–Crippen LogP) is 3.68. The zero-order valence-electron chi connectivity index (χ0n) is 15.1. The van der Waals surface area contributed by atoms with Crippen LogP contribution < -0.4 is 9.62 Å². The van der Waals surface area contributed by atoms with Gasteiger partial charge in [0.05, 0.1) is 11.9 Å². The van der Waals surface area contributed by atoms with Gasteiger partial charge in [0, 0.05) is 35.5 Å². The number of nitrogens with one attached hydrogen (secondary N) is 1. The van der Waals surface area contributed by atoms with E-state index in [1.54, 1.807) is 24.3 Å². The monoisotopic (exact) mass is 418 g/mol. The highest BCUT2D eigenvalue weighted by atomic mass is 35.5. The fraction of sp³-hybridized carbons (Fsp3) is 0.611. The minimum Gasteiger partial charge on any atom is -0.355 e. The largest absolute Gasteiger partial charge is 0.355 e. The number of halogens is 1. The Morgan fingerprint density at radius 2 is 1.92 bits per heavy atom. The van der Waals surface area contributed by atoms with E-state index in [-0.39, 0.29) is 12.5 Å². The van der Waals surface area contributed by atoms with Crippen LogP contribution in [0.15, 0.2) is 24.3 Å². The summed E-state index contributed by atoms with van der Waals surface area (Å²) in [5, 5.41) is 4.23. The lowest BCUT2D eigenvalue weighted by Gasteiger charge is -2.22. The summed E-state index contributed by atoms with van der Waals surface area (Å²) in [6.45, 7) is 0.942. The first-order chi connectivity index (χ1) is 12.4. The van der Waals surface area contributed by atoms with Crippen molar-refractivity contribution in [3.8, 4) is 0 Å². The lowest BCUT2D eigenvalue weighted by molar-refractivity contribution is -0.121. The molecule has 0 atom stereocenters. The number of sulfonamides is 1.